The summed E-state index contributed by atoms with van der Waals surface area (Å²) in [5.74, 6) is 0.924. The van der Waals surface area contributed by atoms with Gasteiger partial charge >= 0.3 is 0 Å². The molecule has 100 valence electrons. The molecule has 0 saturated carbocycles. The highest BCUT2D eigenvalue weighted by Crippen LogP contribution is 2.22. The Balaban J connectivity index is 1.99. The predicted molar refractivity (Wildman–Crippen MR) is 80.5 cm³/mol. The van der Waals surface area contributed by atoms with Crippen LogP contribution in [0.5, 0.6) is 5.75 Å². The van der Waals surface area contributed by atoms with Gasteiger partial charge in [-0.2, -0.15) is 0 Å². The van der Waals surface area contributed by atoms with Gasteiger partial charge in [0, 0.05) is 6.04 Å². The Hall–Kier alpha value is -1.80. The van der Waals surface area contributed by atoms with Crippen LogP contribution in [0.4, 0.5) is 0 Å². The van der Waals surface area contributed by atoms with E-state index in [9.17, 15) is 0 Å². The summed E-state index contributed by atoms with van der Waals surface area (Å²) in [7, 11) is 1.97. The van der Waals surface area contributed by atoms with Crippen molar-refractivity contribution in [1.82, 2.24) is 5.32 Å². The molecule has 2 aromatic carbocycles. The van der Waals surface area contributed by atoms with Crippen molar-refractivity contribution >= 4 is 0 Å². The Morgan fingerprint density at radius 2 is 1.58 bits per heavy atom. The molecule has 19 heavy (non-hydrogen) atoms. The summed E-state index contributed by atoms with van der Waals surface area (Å²) in [5.41, 5.74) is 2.45. The lowest BCUT2D eigenvalue weighted by molar-refractivity contribution is 0.267. The van der Waals surface area contributed by atoms with E-state index in [0.29, 0.717) is 12.6 Å². The Morgan fingerprint density at radius 1 is 0.947 bits per heavy atom. The molecule has 0 aliphatic heterocycles. The molecular weight excluding hydrogens is 234 g/mol. The fourth-order valence-corrected chi connectivity index (χ4v) is 1.98. The summed E-state index contributed by atoms with van der Waals surface area (Å²) in [5, 5.41) is 3.23. The van der Waals surface area contributed by atoms with Gasteiger partial charge in [-0.1, -0.05) is 49.4 Å². The summed E-state index contributed by atoms with van der Waals surface area (Å²) in [6.07, 6.45) is 1.07. The van der Waals surface area contributed by atoms with E-state index in [2.05, 4.69) is 48.6 Å². The number of benzene rings is 2. The molecular formula is C17H21NO. The van der Waals surface area contributed by atoms with Crippen molar-refractivity contribution in [2.75, 3.05) is 13.7 Å². The van der Waals surface area contributed by atoms with Gasteiger partial charge in [-0.3, -0.25) is 0 Å². The van der Waals surface area contributed by atoms with E-state index < -0.39 is 0 Å². The first-order valence-corrected chi connectivity index (χ1v) is 6.79. The van der Waals surface area contributed by atoms with Crippen LogP contribution in [0, 0.1) is 0 Å². The first-order valence-electron chi connectivity index (χ1n) is 6.79. The van der Waals surface area contributed by atoms with E-state index in [1.54, 1.807) is 0 Å². The van der Waals surface area contributed by atoms with Gasteiger partial charge in [0.05, 0.1) is 0 Å². The number of likely N-dealkylation sites (N-methyl/N-ethyl adjacent to an activating group) is 1. The second kappa shape index (κ2) is 6.95. The lowest BCUT2D eigenvalue weighted by Gasteiger charge is -2.15. The zero-order valence-corrected chi connectivity index (χ0v) is 11.6. The molecule has 0 saturated heterocycles. The summed E-state index contributed by atoms with van der Waals surface area (Å²) < 4.78 is 5.78. The lowest BCUT2D eigenvalue weighted by Crippen LogP contribution is -2.30. The average molecular weight is 255 g/mol. The van der Waals surface area contributed by atoms with Crippen LogP contribution in [0.25, 0.3) is 11.1 Å². The monoisotopic (exact) mass is 255 g/mol. The molecule has 0 bridgehead atoms. The fourth-order valence-electron chi connectivity index (χ4n) is 1.98. The Morgan fingerprint density at radius 3 is 2.16 bits per heavy atom. The first kappa shape index (κ1) is 13.6. The highest BCUT2D eigenvalue weighted by atomic mass is 16.5. The number of rotatable bonds is 6. The van der Waals surface area contributed by atoms with Gasteiger partial charge in [-0.15, -0.1) is 0 Å². The molecule has 1 unspecified atom stereocenters. The van der Waals surface area contributed by atoms with Crippen molar-refractivity contribution < 1.29 is 4.74 Å². The Kier molecular flexibility index (Phi) is 4.99. The van der Waals surface area contributed by atoms with Crippen LogP contribution in [0.2, 0.25) is 0 Å². The smallest absolute Gasteiger partial charge is 0.119 e. The van der Waals surface area contributed by atoms with Crippen LogP contribution in [0.15, 0.2) is 54.6 Å². The molecule has 2 rings (SSSR count). The van der Waals surface area contributed by atoms with Crippen LogP contribution < -0.4 is 10.1 Å². The molecule has 0 aromatic heterocycles. The lowest BCUT2D eigenvalue weighted by atomic mass is 10.1. The molecule has 0 fully saturated rings. The van der Waals surface area contributed by atoms with Gasteiger partial charge < -0.3 is 10.1 Å². The van der Waals surface area contributed by atoms with Gasteiger partial charge in [0.2, 0.25) is 0 Å². The third-order valence-electron chi connectivity index (χ3n) is 3.31. The number of nitrogens with one attached hydrogen (secondary N) is 1. The summed E-state index contributed by atoms with van der Waals surface area (Å²) >= 11 is 0. The number of ether oxygens (including phenoxy) is 1. The second-order valence-corrected chi connectivity index (χ2v) is 4.60. The van der Waals surface area contributed by atoms with Crippen LogP contribution in [0.1, 0.15) is 13.3 Å². The molecule has 1 N–H and O–H groups in total. The first-order chi connectivity index (χ1) is 9.33. The zero-order chi connectivity index (χ0) is 13.5. The third kappa shape index (κ3) is 3.83. The van der Waals surface area contributed by atoms with Gasteiger partial charge in [-0.05, 0) is 36.7 Å². The SMILES string of the molecule is CCC(COc1ccc(-c2ccccc2)cc1)NC. The fraction of sp³-hybridized carbons (Fsp3) is 0.294. The third-order valence-corrected chi connectivity index (χ3v) is 3.31. The van der Waals surface area contributed by atoms with Gasteiger partial charge in [0.25, 0.3) is 0 Å². The Labute approximate surface area is 115 Å². The van der Waals surface area contributed by atoms with Crippen LogP contribution in [-0.2, 0) is 0 Å². The number of hydrogen-bond acceptors (Lipinski definition) is 2. The predicted octanol–water partition coefficient (Wildman–Crippen LogP) is 3.73. The van der Waals surface area contributed by atoms with Gasteiger partial charge in [-0.25, -0.2) is 0 Å². The second-order valence-electron chi connectivity index (χ2n) is 4.60. The summed E-state index contributed by atoms with van der Waals surface area (Å²) in [6.45, 7) is 2.86. The van der Waals surface area contributed by atoms with E-state index in [-0.39, 0.29) is 0 Å². The van der Waals surface area contributed by atoms with E-state index in [1.807, 2.05) is 25.2 Å². The standard InChI is InChI=1S/C17H21NO/c1-3-16(18-2)13-19-17-11-9-15(10-12-17)14-7-5-4-6-8-14/h4-12,16,18H,3,13H2,1-2H3. The topological polar surface area (TPSA) is 21.3 Å². The van der Waals surface area contributed by atoms with E-state index in [0.717, 1.165) is 12.2 Å². The highest BCUT2D eigenvalue weighted by Gasteiger charge is 2.04. The van der Waals surface area contributed by atoms with Gasteiger partial charge in [0.15, 0.2) is 0 Å². The minimum atomic E-state index is 0.411. The van der Waals surface area contributed by atoms with E-state index in [1.165, 1.54) is 11.1 Å². The molecule has 2 aromatic rings. The highest BCUT2D eigenvalue weighted by molar-refractivity contribution is 5.63. The number of hydrogen-bond donors (Lipinski definition) is 1. The molecule has 0 radical (unpaired) electrons. The van der Waals surface area contributed by atoms with Crippen molar-refractivity contribution in [3.05, 3.63) is 54.6 Å². The van der Waals surface area contributed by atoms with Crippen molar-refractivity contribution in [2.24, 2.45) is 0 Å². The van der Waals surface area contributed by atoms with Crippen LogP contribution in [-0.4, -0.2) is 19.7 Å². The molecule has 0 aliphatic carbocycles. The van der Waals surface area contributed by atoms with Crippen molar-refractivity contribution in [3.63, 3.8) is 0 Å². The van der Waals surface area contributed by atoms with Gasteiger partial charge in [0.1, 0.15) is 12.4 Å². The van der Waals surface area contributed by atoms with Crippen molar-refractivity contribution in [1.29, 1.82) is 0 Å². The zero-order valence-electron chi connectivity index (χ0n) is 11.6. The maximum Gasteiger partial charge on any atom is 0.119 e. The molecule has 0 heterocycles. The van der Waals surface area contributed by atoms with Crippen molar-refractivity contribution in [2.45, 2.75) is 19.4 Å². The molecule has 0 spiro atoms. The summed E-state index contributed by atoms with van der Waals surface area (Å²) in [6, 6.07) is 19.0. The molecule has 2 nitrogen and oxygen atoms in total. The maximum atomic E-state index is 5.78. The Bertz CT molecular complexity index is 474. The normalized spacial score (nSPS) is 12.1. The largest absolute Gasteiger partial charge is 0.492 e. The molecule has 0 amide bonds. The summed E-state index contributed by atoms with van der Waals surface area (Å²) in [4.78, 5) is 0. The molecule has 2 heteroatoms. The van der Waals surface area contributed by atoms with E-state index >= 15 is 0 Å². The van der Waals surface area contributed by atoms with E-state index in [4.69, 9.17) is 4.74 Å². The molecule has 1 atom stereocenters. The average Bonchev–Trinajstić information content (AvgIpc) is 2.50. The quantitative estimate of drug-likeness (QED) is 0.849. The van der Waals surface area contributed by atoms with Crippen molar-refractivity contribution in [3.8, 4) is 16.9 Å². The van der Waals surface area contributed by atoms with Crippen LogP contribution in [0.3, 0.4) is 0 Å². The molecule has 0 aliphatic rings. The minimum Gasteiger partial charge on any atom is -0.492 e. The van der Waals surface area contributed by atoms with Crippen LogP contribution >= 0.6 is 0 Å². The maximum absolute atomic E-state index is 5.78. The minimum absolute atomic E-state index is 0.411.